The largest absolute Gasteiger partial charge is 0.493 e. The maximum absolute atomic E-state index is 13.2. The molecule has 0 amide bonds. The molecule has 9 heteroatoms. The number of aliphatic hydroxyl groups excluding tert-OH is 1. The van der Waals surface area contributed by atoms with Gasteiger partial charge in [0, 0.05) is 0 Å². The molecule has 1 fully saturated rings. The van der Waals surface area contributed by atoms with E-state index in [1.54, 1.807) is 43.3 Å². The smallest absolute Gasteiger partial charge is 0.316 e. The van der Waals surface area contributed by atoms with Crippen LogP contribution in [-0.2, 0) is 19.1 Å². The highest BCUT2D eigenvalue weighted by Crippen LogP contribution is 2.55. The molecule has 0 unspecified atom stereocenters. The molecule has 2 aromatic rings. The summed E-state index contributed by atoms with van der Waals surface area (Å²) in [7, 11) is 2.97. The molecule has 0 saturated carbocycles. The Morgan fingerprint density at radius 3 is 2.55 bits per heavy atom. The van der Waals surface area contributed by atoms with Gasteiger partial charge in [0.25, 0.3) is 0 Å². The van der Waals surface area contributed by atoms with Gasteiger partial charge in [-0.15, -0.1) is 0 Å². The van der Waals surface area contributed by atoms with Crippen molar-refractivity contribution in [1.82, 2.24) is 0 Å². The first-order valence-electron chi connectivity index (χ1n) is 10.5. The van der Waals surface area contributed by atoms with Crippen molar-refractivity contribution in [2.45, 2.75) is 26.1 Å². The SMILES string of the molecule is CCOC(=O)[C@@H]1[C@H](c2ccc3c(c2)OCO3)OC(=O)[C@]1(C)[C@H](O)c1ccc(OC)c(OC)c1. The zero-order valence-corrected chi connectivity index (χ0v) is 18.8. The highest BCUT2D eigenvalue weighted by atomic mass is 16.7. The average Bonchev–Trinajstić information content (AvgIpc) is 3.40. The molecule has 0 radical (unpaired) electrons. The Hall–Kier alpha value is -3.46. The van der Waals surface area contributed by atoms with Crippen molar-refractivity contribution < 1.29 is 43.1 Å². The van der Waals surface area contributed by atoms with E-state index in [4.69, 9.17) is 28.4 Å². The topological polar surface area (TPSA) is 110 Å². The fraction of sp³-hybridized carbons (Fsp3) is 0.417. The lowest BCUT2D eigenvalue weighted by molar-refractivity contribution is -0.160. The molecule has 33 heavy (non-hydrogen) atoms. The van der Waals surface area contributed by atoms with E-state index in [1.807, 2.05) is 0 Å². The van der Waals surface area contributed by atoms with E-state index in [0.29, 0.717) is 34.1 Å². The highest BCUT2D eigenvalue weighted by molar-refractivity contribution is 5.90. The molecule has 2 heterocycles. The quantitative estimate of drug-likeness (QED) is 0.626. The number of fused-ring (bicyclic) bond motifs is 1. The van der Waals surface area contributed by atoms with Crippen LogP contribution in [0.2, 0.25) is 0 Å². The first-order chi connectivity index (χ1) is 15.8. The van der Waals surface area contributed by atoms with Gasteiger partial charge in [-0.3, -0.25) is 9.59 Å². The van der Waals surface area contributed by atoms with Crippen LogP contribution in [0.25, 0.3) is 0 Å². The van der Waals surface area contributed by atoms with E-state index in [2.05, 4.69) is 0 Å². The van der Waals surface area contributed by atoms with Gasteiger partial charge in [0.15, 0.2) is 23.0 Å². The van der Waals surface area contributed by atoms with Crippen LogP contribution in [0.15, 0.2) is 36.4 Å². The Bertz CT molecular complexity index is 1070. The first kappa shape index (κ1) is 22.7. The van der Waals surface area contributed by atoms with Crippen molar-refractivity contribution in [2.24, 2.45) is 11.3 Å². The van der Waals surface area contributed by atoms with Crippen LogP contribution in [0.3, 0.4) is 0 Å². The summed E-state index contributed by atoms with van der Waals surface area (Å²) in [4.78, 5) is 26.3. The van der Waals surface area contributed by atoms with Gasteiger partial charge < -0.3 is 33.5 Å². The molecule has 0 bridgehead atoms. The Kier molecular flexibility index (Phi) is 6.07. The second-order valence-corrected chi connectivity index (χ2v) is 7.97. The molecule has 1 saturated heterocycles. The Morgan fingerprint density at radius 1 is 1.12 bits per heavy atom. The van der Waals surface area contributed by atoms with Gasteiger partial charge in [-0.05, 0) is 49.2 Å². The zero-order chi connectivity index (χ0) is 23.8. The molecule has 2 aromatic carbocycles. The number of methoxy groups -OCH3 is 2. The van der Waals surface area contributed by atoms with Crippen LogP contribution in [0, 0.1) is 11.3 Å². The Morgan fingerprint density at radius 2 is 1.85 bits per heavy atom. The highest BCUT2D eigenvalue weighted by Gasteiger charge is 2.62. The van der Waals surface area contributed by atoms with E-state index in [-0.39, 0.29) is 13.4 Å². The Balaban J connectivity index is 1.76. The van der Waals surface area contributed by atoms with Gasteiger partial charge in [-0.25, -0.2) is 0 Å². The predicted molar refractivity (Wildman–Crippen MR) is 114 cm³/mol. The van der Waals surface area contributed by atoms with E-state index < -0.39 is 35.5 Å². The maximum Gasteiger partial charge on any atom is 0.316 e. The lowest BCUT2D eigenvalue weighted by atomic mass is 9.69. The molecule has 4 rings (SSSR count). The molecule has 0 aromatic heterocycles. The normalized spacial score (nSPS) is 24.2. The van der Waals surface area contributed by atoms with Crippen LogP contribution in [0.1, 0.15) is 37.2 Å². The minimum atomic E-state index is -1.63. The number of benzene rings is 2. The average molecular weight is 458 g/mol. The molecule has 2 aliphatic rings. The number of aliphatic hydroxyl groups is 1. The van der Waals surface area contributed by atoms with Crippen LogP contribution in [-0.4, -0.2) is 44.7 Å². The van der Waals surface area contributed by atoms with E-state index >= 15 is 0 Å². The lowest BCUT2D eigenvalue weighted by Gasteiger charge is -2.32. The standard InChI is InChI=1S/C24H26O9/c1-5-30-22(26)19-20(13-6-9-16-18(10-13)32-12-31-16)33-23(27)24(19,2)21(25)14-7-8-15(28-3)17(11-14)29-4/h6-11,19-21,25H,5,12H2,1-4H3/t19-,20-,21+,24-/m0/s1. The predicted octanol–water partition coefficient (Wildman–Crippen LogP) is 2.95. The third-order valence-corrected chi connectivity index (χ3v) is 6.18. The summed E-state index contributed by atoms with van der Waals surface area (Å²) in [5.74, 6) is -0.590. The second kappa shape index (κ2) is 8.82. The third-order valence-electron chi connectivity index (χ3n) is 6.18. The van der Waals surface area contributed by atoms with Crippen molar-refractivity contribution in [1.29, 1.82) is 0 Å². The number of hydrogen-bond donors (Lipinski definition) is 1. The van der Waals surface area contributed by atoms with Crippen LogP contribution in [0.4, 0.5) is 0 Å². The maximum atomic E-state index is 13.2. The van der Waals surface area contributed by atoms with E-state index in [9.17, 15) is 14.7 Å². The fourth-order valence-electron chi connectivity index (χ4n) is 4.35. The van der Waals surface area contributed by atoms with Crippen molar-refractivity contribution in [3.63, 3.8) is 0 Å². The molecule has 0 spiro atoms. The van der Waals surface area contributed by atoms with Gasteiger partial charge in [0.05, 0.1) is 26.9 Å². The van der Waals surface area contributed by atoms with Gasteiger partial charge in [-0.1, -0.05) is 12.1 Å². The van der Waals surface area contributed by atoms with E-state index in [0.717, 1.165) is 0 Å². The van der Waals surface area contributed by atoms with Gasteiger partial charge >= 0.3 is 11.9 Å². The Labute approximate surface area is 191 Å². The molecule has 9 nitrogen and oxygen atoms in total. The van der Waals surface area contributed by atoms with Crippen molar-refractivity contribution >= 4 is 11.9 Å². The number of hydrogen-bond acceptors (Lipinski definition) is 9. The summed E-state index contributed by atoms with van der Waals surface area (Å²) >= 11 is 0. The zero-order valence-electron chi connectivity index (χ0n) is 18.8. The summed E-state index contributed by atoms with van der Waals surface area (Å²) < 4.78 is 32.3. The minimum absolute atomic E-state index is 0.0836. The van der Waals surface area contributed by atoms with Crippen molar-refractivity contribution in [3.8, 4) is 23.0 Å². The number of esters is 2. The summed E-state index contributed by atoms with van der Waals surface area (Å²) in [5, 5.41) is 11.4. The summed E-state index contributed by atoms with van der Waals surface area (Å²) in [6, 6.07) is 9.86. The second-order valence-electron chi connectivity index (χ2n) is 7.97. The molecular weight excluding hydrogens is 432 g/mol. The van der Waals surface area contributed by atoms with Crippen molar-refractivity contribution in [3.05, 3.63) is 47.5 Å². The third kappa shape index (κ3) is 3.72. The lowest BCUT2D eigenvalue weighted by Crippen LogP contribution is -2.41. The van der Waals surface area contributed by atoms with Crippen LogP contribution >= 0.6 is 0 Å². The molecular formula is C24H26O9. The van der Waals surface area contributed by atoms with Crippen LogP contribution in [0.5, 0.6) is 23.0 Å². The fourth-order valence-corrected chi connectivity index (χ4v) is 4.35. The van der Waals surface area contributed by atoms with E-state index in [1.165, 1.54) is 21.1 Å². The summed E-state index contributed by atoms with van der Waals surface area (Å²) in [6.07, 6.45) is -2.37. The first-order valence-corrected chi connectivity index (χ1v) is 10.5. The molecule has 0 aliphatic carbocycles. The number of carbonyl (C=O) groups is 2. The number of carbonyl (C=O) groups excluding carboxylic acids is 2. The molecule has 2 aliphatic heterocycles. The molecule has 1 N–H and O–H groups in total. The molecule has 4 atom stereocenters. The van der Waals surface area contributed by atoms with Gasteiger partial charge in [0.2, 0.25) is 6.79 Å². The van der Waals surface area contributed by atoms with Crippen LogP contribution < -0.4 is 18.9 Å². The minimum Gasteiger partial charge on any atom is -0.493 e. The van der Waals surface area contributed by atoms with Gasteiger partial charge in [-0.2, -0.15) is 0 Å². The summed E-state index contributed by atoms with van der Waals surface area (Å²) in [5.41, 5.74) is -0.728. The summed E-state index contributed by atoms with van der Waals surface area (Å²) in [6.45, 7) is 3.37. The molecule has 176 valence electrons. The van der Waals surface area contributed by atoms with Crippen molar-refractivity contribution in [2.75, 3.05) is 27.6 Å². The number of cyclic esters (lactones) is 1. The monoisotopic (exact) mass is 458 g/mol. The number of rotatable bonds is 7. The number of ether oxygens (including phenoxy) is 6. The van der Waals surface area contributed by atoms with Gasteiger partial charge in [0.1, 0.15) is 17.4 Å².